The number of carbonyl (C=O) groups is 4. The van der Waals surface area contributed by atoms with E-state index in [0.717, 1.165) is 36.4 Å². The van der Waals surface area contributed by atoms with Gasteiger partial charge in [0.15, 0.2) is 5.01 Å². The minimum atomic E-state index is -0.903. The fraction of sp³-hybridized carbons (Fsp3) is 0.458. The second kappa shape index (κ2) is 14.8. The molecule has 10 nitrogen and oxygen atoms in total. The van der Waals surface area contributed by atoms with Crippen molar-refractivity contribution < 1.29 is 29.4 Å². The minimum Gasteiger partial charge on any atom is -0.481 e. The summed E-state index contributed by atoms with van der Waals surface area (Å²) in [5.41, 5.74) is 1.44. The highest BCUT2D eigenvalue weighted by atomic mass is 32.1. The van der Waals surface area contributed by atoms with Crippen LogP contribution in [0.5, 0.6) is 0 Å². The number of carboxylic acids is 2. The highest BCUT2D eigenvalue weighted by Gasteiger charge is 2.21. The molecule has 3 rings (SSSR count). The summed E-state index contributed by atoms with van der Waals surface area (Å²) in [7, 11) is 0. The smallest absolute Gasteiger partial charge is 0.303 e. The van der Waals surface area contributed by atoms with Crippen molar-refractivity contribution in [3.8, 4) is 11.3 Å². The molecule has 11 heteroatoms. The van der Waals surface area contributed by atoms with Crippen LogP contribution in [0, 0.1) is 0 Å². The Morgan fingerprint density at radius 2 is 1.71 bits per heavy atom. The monoisotopic (exact) mass is 504 g/mol. The summed E-state index contributed by atoms with van der Waals surface area (Å²) >= 11 is 1.17. The molecule has 2 amide bonds. The lowest BCUT2D eigenvalue weighted by molar-refractivity contribution is -0.138. The standard InChI is InChI=1S/C19H22N4O4S.C5H10O2/c24-15(23-10-8-20-9-11-23)12-21-18(27)19-22-17(13-4-2-1-3-5-13)14(28-19)6-7-16(25)26;1-2-3-4-5(6)7/h1-5,20H,6-12H2,(H,21,27)(H,25,26);2-4H2,1H3,(H,6,7). The van der Waals surface area contributed by atoms with Crippen molar-refractivity contribution in [2.24, 2.45) is 0 Å². The largest absolute Gasteiger partial charge is 0.481 e. The number of thiazole rings is 1. The highest BCUT2D eigenvalue weighted by molar-refractivity contribution is 7.14. The summed E-state index contributed by atoms with van der Waals surface area (Å²) in [4.78, 5) is 52.3. The Hall–Kier alpha value is -3.31. The number of benzene rings is 1. The van der Waals surface area contributed by atoms with Gasteiger partial charge in [-0.05, 0) is 12.8 Å². The zero-order valence-electron chi connectivity index (χ0n) is 19.8. The summed E-state index contributed by atoms with van der Waals surface area (Å²) in [6.45, 7) is 4.65. The molecule has 2 heterocycles. The third-order valence-electron chi connectivity index (χ3n) is 5.12. The molecular weight excluding hydrogens is 472 g/mol. The van der Waals surface area contributed by atoms with Crippen LogP contribution in [0.1, 0.15) is 47.3 Å². The lowest BCUT2D eigenvalue weighted by Crippen LogP contribution is -2.49. The molecule has 1 saturated heterocycles. The lowest BCUT2D eigenvalue weighted by atomic mass is 10.1. The number of aryl methyl sites for hydroxylation is 1. The van der Waals surface area contributed by atoms with E-state index in [1.165, 1.54) is 11.3 Å². The van der Waals surface area contributed by atoms with Crippen LogP contribution in [0.3, 0.4) is 0 Å². The molecule has 0 bridgehead atoms. The normalized spacial score (nSPS) is 12.9. The quantitative estimate of drug-likeness (QED) is 0.385. The fourth-order valence-corrected chi connectivity index (χ4v) is 4.25. The third-order valence-corrected chi connectivity index (χ3v) is 6.23. The molecule has 1 aromatic carbocycles. The highest BCUT2D eigenvalue weighted by Crippen LogP contribution is 2.29. The third kappa shape index (κ3) is 9.83. The summed E-state index contributed by atoms with van der Waals surface area (Å²) in [6.07, 6.45) is 2.34. The minimum absolute atomic E-state index is 0.0371. The molecule has 35 heavy (non-hydrogen) atoms. The second-order valence-electron chi connectivity index (χ2n) is 7.86. The van der Waals surface area contributed by atoms with Gasteiger partial charge in [-0.25, -0.2) is 4.98 Å². The predicted octanol–water partition coefficient (Wildman–Crippen LogP) is 2.25. The molecule has 0 unspecified atom stereocenters. The Morgan fingerprint density at radius 3 is 2.29 bits per heavy atom. The Bertz CT molecular complexity index is 989. The van der Waals surface area contributed by atoms with E-state index < -0.39 is 17.8 Å². The topological polar surface area (TPSA) is 149 Å². The van der Waals surface area contributed by atoms with E-state index in [0.29, 0.717) is 31.6 Å². The number of aliphatic carboxylic acids is 2. The number of carbonyl (C=O) groups excluding carboxylic acids is 2. The van der Waals surface area contributed by atoms with Crippen LogP contribution in [-0.4, -0.2) is 76.6 Å². The molecule has 1 aromatic heterocycles. The number of amides is 2. The maximum atomic E-state index is 12.5. The van der Waals surface area contributed by atoms with Crippen LogP contribution < -0.4 is 10.6 Å². The van der Waals surface area contributed by atoms with Gasteiger partial charge >= 0.3 is 11.9 Å². The lowest BCUT2D eigenvalue weighted by Gasteiger charge is -2.27. The first-order valence-corrected chi connectivity index (χ1v) is 12.4. The molecule has 0 aliphatic carbocycles. The average molecular weight is 505 g/mol. The van der Waals surface area contributed by atoms with Gasteiger partial charge < -0.3 is 25.7 Å². The first-order chi connectivity index (χ1) is 16.8. The molecule has 1 aliphatic heterocycles. The molecular formula is C24H32N4O6S. The Kier molecular flexibility index (Phi) is 11.8. The number of hydrogen-bond donors (Lipinski definition) is 4. The second-order valence-corrected chi connectivity index (χ2v) is 8.94. The Labute approximate surface area is 208 Å². The van der Waals surface area contributed by atoms with Crippen molar-refractivity contribution in [2.75, 3.05) is 32.7 Å². The van der Waals surface area contributed by atoms with Crippen LogP contribution >= 0.6 is 11.3 Å². The number of unbranched alkanes of at least 4 members (excludes halogenated alkanes) is 1. The molecule has 0 spiro atoms. The summed E-state index contributed by atoms with van der Waals surface area (Å²) in [6, 6.07) is 9.34. The van der Waals surface area contributed by atoms with Gasteiger partial charge in [-0.1, -0.05) is 43.7 Å². The van der Waals surface area contributed by atoms with Crippen LogP contribution in [0.15, 0.2) is 30.3 Å². The van der Waals surface area contributed by atoms with Gasteiger partial charge in [-0.2, -0.15) is 0 Å². The van der Waals surface area contributed by atoms with Crippen LogP contribution in [0.25, 0.3) is 11.3 Å². The first kappa shape index (κ1) is 27.9. The summed E-state index contributed by atoms with van der Waals surface area (Å²) < 4.78 is 0. The predicted molar refractivity (Wildman–Crippen MR) is 132 cm³/mol. The van der Waals surface area contributed by atoms with E-state index >= 15 is 0 Å². The van der Waals surface area contributed by atoms with Gasteiger partial charge in [0.1, 0.15) is 0 Å². The van der Waals surface area contributed by atoms with Crippen molar-refractivity contribution in [2.45, 2.75) is 39.0 Å². The van der Waals surface area contributed by atoms with E-state index in [-0.39, 0.29) is 23.9 Å². The number of nitrogens with zero attached hydrogens (tertiary/aromatic N) is 2. The number of nitrogens with one attached hydrogen (secondary N) is 2. The van der Waals surface area contributed by atoms with Crippen LogP contribution in [0.4, 0.5) is 0 Å². The maximum absolute atomic E-state index is 12.5. The van der Waals surface area contributed by atoms with Gasteiger partial charge in [0.05, 0.1) is 18.7 Å². The van der Waals surface area contributed by atoms with Gasteiger partial charge in [0.2, 0.25) is 5.91 Å². The molecule has 0 saturated carbocycles. The number of piperazine rings is 1. The molecule has 1 fully saturated rings. The Morgan fingerprint density at radius 1 is 1.06 bits per heavy atom. The van der Waals surface area contributed by atoms with Gasteiger partial charge in [-0.3, -0.25) is 19.2 Å². The van der Waals surface area contributed by atoms with E-state index in [1.54, 1.807) is 4.90 Å². The molecule has 0 atom stereocenters. The number of carboxylic acid groups (broad SMARTS) is 2. The zero-order chi connectivity index (χ0) is 25.6. The number of aromatic nitrogens is 1. The average Bonchev–Trinajstić information content (AvgIpc) is 3.30. The van der Waals surface area contributed by atoms with Crippen molar-refractivity contribution in [1.29, 1.82) is 0 Å². The van der Waals surface area contributed by atoms with Gasteiger partial charge in [0.25, 0.3) is 5.91 Å². The maximum Gasteiger partial charge on any atom is 0.303 e. The zero-order valence-corrected chi connectivity index (χ0v) is 20.6. The van der Waals surface area contributed by atoms with E-state index in [1.807, 2.05) is 37.3 Å². The molecule has 1 aliphatic rings. The van der Waals surface area contributed by atoms with Crippen molar-refractivity contribution in [3.05, 3.63) is 40.2 Å². The molecule has 0 radical (unpaired) electrons. The van der Waals surface area contributed by atoms with Gasteiger partial charge in [0, 0.05) is 43.0 Å². The van der Waals surface area contributed by atoms with E-state index in [2.05, 4.69) is 15.6 Å². The van der Waals surface area contributed by atoms with Crippen molar-refractivity contribution in [1.82, 2.24) is 20.5 Å². The van der Waals surface area contributed by atoms with Crippen molar-refractivity contribution >= 4 is 35.1 Å². The Balaban J connectivity index is 0.000000540. The van der Waals surface area contributed by atoms with Gasteiger partial charge in [-0.15, -0.1) is 11.3 Å². The van der Waals surface area contributed by atoms with Crippen LogP contribution in [0.2, 0.25) is 0 Å². The molecule has 4 N–H and O–H groups in total. The van der Waals surface area contributed by atoms with Crippen molar-refractivity contribution in [3.63, 3.8) is 0 Å². The summed E-state index contributed by atoms with van der Waals surface area (Å²) in [5.74, 6) is -2.14. The molecule has 2 aromatic rings. The number of rotatable bonds is 10. The molecule has 190 valence electrons. The first-order valence-electron chi connectivity index (χ1n) is 11.6. The number of hydrogen-bond acceptors (Lipinski definition) is 7. The van der Waals surface area contributed by atoms with E-state index in [9.17, 15) is 19.2 Å². The van der Waals surface area contributed by atoms with Crippen LogP contribution in [-0.2, 0) is 20.8 Å². The fourth-order valence-electron chi connectivity index (χ4n) is 3.25. The summed E-state index contributed by atoms with van der Waals surface area (Å²) in [5, 5.41) is 23.1. The SMILES string of the molecule is CCCCC(=O)O.O=C(O)CCc1sc(C(=O)NCC(=O)N2CCNCC2)nc1-c1ccccc1. The van der Waals surface area contributed by atoms with E-state index in [4.69, 9.17) is 10.2 Å².